The Labute approximate surface area is 151 Å². The van der Waals surface area contributed by atoms with Gasteiger partial charge in [-0.15, -0.1) is 0 Å². The summed E-state index contributed by atoms with van der Waals surface area (Å²) in [6.07, 6.45) is 5.29. The Hall–Kier alpha value is -2.35. The highest BCUT2D eigenvalue weighted by Gasteiger charge is 2.13. The van der Waals surface area contributed by atoms with Gasteiger partial charge in [-0.05, 0) is 53.5 Å². The van der Waals surface area contributed by atoms with Gasteiger partial charge in [0, 0.05) is 6.08 Å². The maximum absolute atomic E-state index is 11.3. The van der Waals surface area contributed by atoms with Crippen LogP contribution in [0.2, 0.25) is 0 Å². The van der Waals surface area contributed by atoms with Crippen LogP contribution < -0.4 is 0 Å². The molecule has 0 N–H and O–H groups in total. The molecule has 0 unspecified atom stereocenters. The zero-order valence-corrected chi connectivity index (χ0v) is 15.7. The quantitative estimate of drug-likeness (QED) is 0.525. The monoisotopic (exact) mass is 336 g/mol. The average molecular weight is 336 g/mol. The number of esters is 1. The zero-order chi connectivity index (χ0) is 18.3. The summed E-state index contributed by atoms with van der Waals surface area (Å²) in [4.78, 5) is 11.3. The lowest BCUT2D eigenvalue weighted by Gasteiger charge is -2.19. The lowest BCUT2D eigenvalue weighted by atomic mass is 9.85. The van der Waals surface area contributed by atoms with Crippen molar-refractivity contribution < 1.29 is 9.53 Å². The van der Waals surface area contributed by atoms with E-state index in [0.717, 1.165) is 18.4 Å². The molecule has 0 heterocycles. The normalized spacial score (nSPS) is 11.7. The number of hydrogen-bond acceptors (Lipinski definition) is 2. The molecule has 2 aromatic carbocycles. The number of rotatable bonds is 6. The summed E-state index contributed by atoms with van der Waals surface area (Å²) in [5.74, 6) is -0.301. The molecular weight excluding hydrogens is 308 g/mol. The molecule has 0 aliphatic carbocycles. The van der Waals surface area contributed by atoms with Crippen LogP contribution in [0.5, 0.6) is 0 Å². The van der Waals surface area contributed by atoms with Crippen LogP contribution in [0, 0.1) is 0 Å². The minimum Gasteiger partial charge on any atom is -0.463 e. The van der Waals surface area contributed by atoms with Crippen molar-refractivity contribution in [2.45, 2.75) is 46.0 Å². The summed E-state index contributed by atoms with van der Waals surface area (Å²) in [6.45, 7) is 8.94. The van der Waals surface area contributed by atoms with Crippen molar-refractivity contribution in [2.75, 3.05) is 6.61 Å². The van der Waals surface area contributed by atoms with E-state index in [9.17, 15) is 4.79 Å². The van der Waals surface area contributed by atoms with E-state index in [1.165, 1.54) is 22.8 Å². The van der Waals surface area contributed by atoms with Gasteiger partial charge >= 0.3 is 5.97 Å². The largest absolute Gasteiger partial charge is 0.463 e. The van der Waals surface area contributed by atoms with Gasteiger partial charge in [-0.1, -0.05) is 69.3 Å². The van der Waals surface area contributed by atoms with Gasteiger partial charge in [0.2, 0.25) is 0 Å². The lowest BCUT2D eigenvalue weighted by molar-refractivity contribution is -0.137. The van der Waals surface area contributed by atoms with E-state index in [0.29, 0.717) is 6.61 Å². The molecule has 0 radical (unpaired) electrons. The van der Waals surface area contributed by atoms with E-state index in [1.54, 1.807) is 13.0 Å². The predicted molar refractivity (Wildman–Crippen MR) is 105 cm³/mol. The number of carbonyl (C=O) groups excluding carboxylic acids is 1. The molecule has 0 fully saturated rings. The molecule has 0 aliphatic rings. The molecule has 132 valence electrons. The van der Waals surface area contributed by atoms with Crippen LogP contribution >= 0.6 is 0 Å². The Balaban J connectivity index is 1.95. The van der Waals surface area contributed by atoms with Gasteiger partial charge < -0.3 is 4.74 Å². The van der Waals surface area contributed by atoms with Gasteiger partial charge in [0.05, 0.1) is 6.61 Å². The number of hydrogen-bond donors (Lipinski definition) is 0. The molecular formula is C23H28O2. The summed E-state index contributed by atoms with van der Waals surface area (Å²) in [5.41, 5.74) is 5.24. The van der Waals surface area contributed by atoms with Crippen molar-refractivity contribution in [1.82, 2.24) is 0 Å². The first kappa shape index (κ1) is 19.0. The van der Waals surface area contributed by atoms with Crippen molar-refractivity contribution in [3.63, 3.8) is 0 Å². The molecule has 2 nitrogen and oxygen atoms in total. The minimum atomic E-state index is -0.301. The van der Waals surface area contributed by atoms with Crippen LogP contribution in [0.25, 0.3) is 6.08 Å². The van der Waals surface area contributed by atoms with Gasteiger partial charge in [0.1, 0.15) is 0 Å². The van der Waals surface area contributed by atoms with Crippen LogP contribution in [-0.2, 0) is 27.8 Å². The Kier molecular flexibility index (Phi) is 6.58. The number of aryl methyl sites for hydroxylation is 2. The molecule has 0 saturated heterocycles. The Morgan fingerprint density at radius 2 is 1.68 bits per heavy atom. The molecule has 0 spiro atoms. The van der Waals surface area contributed by atoms with Crippen molar-refractivity contribution >= 4 is 12.0 Å². The van der Waals surface area contributed by atoms with Crippen molar-refractivity contribution in [3.8, 4) is 0 Å². The van der Waals surface area contributed by atoms with E-state index >= 15 is 0 Å². The number of carbonyl (C=O) groups is 1. The number of benzene rings is 2. The molecule has 0 saturated carbocycles. The van der Waals surface area contributed by atoms with Crippen LogP contribution in [0.3, 0.4) is 0 Å². The third kappa shape index (κ3) is 6.22. The molecule has 25 heavy (non-hydrogen) atoms. The van der Waals surface area contributed by atoms with E-state index in [-0.39, 0.29) is 11.4 Å². The average Bonchev–Trinajstić information content (AvgIpc) is 2.59. The molecule has 0 amide bonds. The zero-order valence-electron chi connectivity index (χ0n) is 15.7. The minimum absolute atomic E-state index is 0.183. The van der Waals surface area contributed by atoms with Gasteiger partial charge in [-0.2, -0.15) is 0 Å². The van der Waals surface area contributed by atoms with Crippen LogP contribution in [0.15, 0.2) is 54.6 Å². The molecule has 2 rings (SSSR count). The lowest BCUT2D eigenvalue weighted by Crippen LogP contribution is -2.11. The van der Waals surface area contributed by atoms with Crippen LogP contribution in [-0.4, -0.2) is 12.6 Å². The predicted octanol–water partition coefficient (Wildman–Crippen LogP) is 5.35. The molecule has 0 atom stereocenters. The van der Waals surface area contributed by atoms with Gasteiger partial charge in [0.25, 0.3) is 0 Å². The van der Waals surface area contributed by atoms with Gasteiger partial charge in [0.15, 0.2) is 0 Å². The second-order valence-electron chi connectivity index (χ2n) is 7.28. The first-order chi connectivity index (χ1) is 11.9. The molecule has 0 aromatic heterocycles. The molecule has 0 aliphatic heterocycles. The second kappa shape index (κ2) is 8.66. The highest BCUT2D eigenvalue weighted by Crippen LogP contribution is 2.23. The Morgan fingerprint density at radius 1 is 1.00 bits per heavy atom. The second-order valence-corrected chi connectivity index (χ2v) is 7.28. The summed E-state index contributed by atoms with van der Waals surface area (Å²) in [7, 11) is 0. The smallest absolute Gasteiger partial charge is 0.330 e. The van der Waals surface area contributed by atoms with E-state index in [2.05, 4.69) is 57.2 Å². The third-order valence-electron chi connectivity index (χ3n) is 4.17. The summed E-state index contributed by atoms with van der Waals surface area (Å²) >= 11 is 0. The molecule has 2 heteroatoms. The SMILES string of the molecule is CCOC(=O)C=Cc1ccc(CCc2cccc(C(C)(C)C)c2)cc1. The molecule has 2 aromatic rings. The Morgan fingerprint density at radius 3 is 2.32 bits per heavy atom. The summed E-state index contributed by atoms with van der Waals surface area (Å²) in [6, 6.07) is 17.2. The first-order valence-electron chi connectivity index (χ1n) is 8.91. The van der Waals surface area contributed by atoms with E-state index < -0.39 is 0 Å². The summed E-state index contributed by atoms with van der Waals surface area (Å²) in [5, 5.41) is 0. The highest BCUT2D eigenvalue weighted by molar-refractivity contribution is 5.87. The van der Waals surface area contributed by atoms with Crippen molar-refractivity contribution in [3.05, 3.63) is 76.9 Å². The van der Waals surface area contributed by atoms with Crippen LogP contribution in [0.4, 0.5) is 0 Å². The Bertz CT molecular complexity index is 719. The first-order valence-corrected chi connectivity index (χ1v) is 8.91. The maximum Gasteiger partial charge on any atom is 0.330 e. The number of ether oxygens (including phenoxy) is 1. The summed E-state index contributed by atoms with van der Waals surface area (Å²) < 4.78 is 4.88. The van der Waals surface area contributed by atoms with Crippen molar-refractivity contribution in [2.24, 2.45) is 0 Å². The topological polar surface area (TPSA) is 26.3 Å². The van der Waals surface area contributed by atoms with Gasteiger partial charge in [-0.25, -0.2) is 4.79 Å². The molecule has 0 bridgehead atoms. The highest BCUT2D eigenvalue weighted by atomic mass is 16.5. The van der Waals surface area contributed by atoms with E-state index in [4.69, 9.17) is 4.74 Å². The fraction of sp³-hybridized carbons (Fsp3) is 0.348. The maximum atomic E-state index is 11.3. The van der Waals surface area contributed by atoms with Crippen LogP contribution in [0.1, 0.15) is 49.9 Å². The van der Waals surface area contributed by atoms with Crippen molar-refractivity contribution in [1.29, 1.82) is 0 Å². The third-order valence-corrected chi connectivity index (χ3v) is 4.17. The fourth-order valence-electron chi connectivity index (χ4n) is 2.63. The standard InChI is InChI=1S/C23H28O2/c1-5-25-22(24)16-15-19-11-9-18(10-12-19)13-14-20-7-6-8-21(17-20)23(2,3)4/h6-12,15-17H,5,13-14H2,1-4H3. The fourth-order valence-corrected chi connectivity index (χ4v) is 2.63. The van der Waals surface area contributed by atoms with Gasteiger partial charge in [-0.3, -0.25) is 0 Å². The van der Waals surface area contributed by atoms with E-state index in [1.807, 2.05) is 12.1 Å².